The summed E-state index contributed by atoms with van der Waals surface area (Å²) in [5, 5.41) is 0. The highest BCUT2D eigenvalue weighted by Crippen LogP contribution is 2.19. The molecule has 0 spiro atoms. The van der Waals surface area contributed by atoms with Crippen LogP contribution in [0.15, 0.2) is 12.1 Å². The number of aryl methyl sites for hydroxylation is 1. The van der Waals surface area contributed by atoms with Crippen LogP contribution in [0.25, 0.3) is 0 Å². The summed E-state index contributed by atoms with van der Waals surface area (Å²) in [7, 11) is 0. The Morgan fingerprint density at radius 2 is 2.00 bits per heavy atom. The third kappa shape index (κ3) is 4.17. The van der Waals surface area contributed by atoms with Gasteiger partial charge in [-0.15, -0.1) is 0 Å². The molecule has 2 N–H and O–H groups in total. The number of nitrogens with zero attached hydrogens (tertiary/aromatic N) is 2. The lowest BCUT2D eigenvalue weighted by molar-refractivity contribution is -0.137. The summed E-state index contributed by atoms with van der Waals surface area (Å²) >= 11 is 0. The first-order valence-corrected chi connectivity index (χ1v) is 7.74. The third-order valence-corrected chi connectivity index (χ3v) is 3.83. The second-order valence-electron chi connectivity index (χ2n) is 5.60. The van der Waals surface area contributed by atoms with E-state index in [1.807, 2.05) is 24.0 Å². The van der Waals surface area contributed by atoms with Gasteiger partial charge in [0.2, 0.25) is 0 Å². The molecule has 1 aliphatic rings. The molecule has 1 atom stereocenters. The van der Waals surface area contributed by atoms with Crippen molar-refractivity contribution in [2.75, 3.05) is 13.1 Å². The molecule has 2 heterocycles. The number of likely N-dealkylation sites (tertiary alicyclic amines) is 1. The number of amides is 1. The SMILES string of the molecule is Cc1ccc(OC(C)C(=O)N2CCCCCC2)c(CN)n1. The van der Waals surface area contributed by atoms with Crippen LogP contribution in [-0.4, -0.2) is 35.0 Å². The highest BCUT2D eigenvalue weighted by molar-refractivity contribution is 5.81. The molecule has 5 nitrogen and oxygen atoms in total. The minimum absolute atomic E-state index is 0.0560. The Labute approximate surface area is 126 Å². The summed E-state index contributed by atoms with van der Waals surface area (Å²) in [6.07, 6.45) is 4.08. The first-order valence-electron chi connectivity index (χ1n) is 7.74. The normalized spacial score (nSPS) is 17.2. The number of carbonyl (C=O) groups is 1. The highest BCUT2D eigenvalue weighted by Gasteiger charge is 2.23. The quantitative estimate of drug-likeness (QED) is 0.921. The smallest absolute Gasteiger partial charge is 0.263 e. The fraction of sp³-hybridized carbons (Fsp3) is 0.625. The summed E-state index contributed by atoms with van der Waals surface area (Å²) in [5.41, 5.74) is 7.29. The average Bonchev–Trinajstić information content (AvgIpc) is 2.77. The number of hydrogen-bond acceptors (Lipinski definition) is 4. The van der Waals surface area contributed by atoms with Crippen molar-refractivity contribution >= 4 is 5.91 Å². The maximum Gasteiger partial charge on any atom is 0.263 e. The number of rotatable bonds is 4. The van der Waals surface area contributed by atoms with Gasteiger partial charge in [-0.2, -0.15) is 0 Å². The van der Waals surface area contributed by atoms with Gasteiger partial charge in [-0.05, 0) is 38.8 Å². The molecule has 0 saturated carbocycles. The number of aromatic nitrogens is 1. The predicted octanol–water partition coefficient (Wildman–Crippen LogP) is 2.02. The summed E-state index contributed by atoms with van der Waals surface area (Å²) in [4.78, 5) is 18.7. The molecule has 1 amide bonds. The van der Waals surface area contributed by atoms with Gasteiger partial charge in [-0.25, -0.2) is 0 Å². The molecule has 1 aromatic rings. The Bertz CT molecular complexity index is 482. The van der Waals surface area contributed by atoms with Crippen molar-refractivity contribution in [3.05, 3.63) is 23.5 Å². The van der Waals surface area contributed by atoms with Gasteiger partial charge >= 0.3 is 0 Å². The zero-order valence-electron chi connectivity index (χ0n) is 13.0. The largest absolute Gasteiger partial charge is 0.479 e. The molecular weight excluding hydrogens is 266 g/mol. The highest BCUT2D eigenvalue weighted by atomic mass is 16.5. The molecule has 116 valence electrons. The van der Waals surface area contributed by atoms with Gasteiger partial charge in [0, 0.05) is 25.3 Å². The van der Waals surface area contributed by atoms with Crippen LogP contribution in [0.4, 0.5) is 0 Å². The second-order valence-corrected chi connectivity index (χ2v) is 5.60. The Balaban J connectivity index is 2.03. The summed E-state index contributed by atoms with van der Waals surface area (Å²) in [6.45, 7) is 5.69. The van der Waals surface area contributed by atoms with E-state index < -0.39 is 6.10 Å². The van der Waals surface area contributed by atoms with E-state index in [0.29, 0.717) is 18.0 Å². The molecule has 0 radical (unpaired) electrons. The van der Waals surface area contributed by atoms with Gasteiger partial charge in [-0.3, -0.25) is 9.78 Å². The summed E-state index contributed by atoms with van der Waals surface area (Å²) in [6, 6.07) is 3.72. The number of pyridine rings is 1. The zero-order valence-corrected chi connectivity index (χ0v) is 13.0. The summed E-state index contributed by atoms with van der Waals surface area (Å²) < 4.78 is 5.81. The van der Waals surface area contributed by atoms with Crippen LogP contribution >= 0.6 is 0 Å². The van der Waals surface area contributed by atoms with E-state index in [1.54, 1.807) is 6.92 Å². The minimum atomic E-state index is -0.502. The minimum Gasteiger partial charge on any atom is -0.479 e. The van der Waals surface area contributed by atoms with Gasteiger partial charge in [-0.1, -0.05) is 12.8 Å². The lowest BCUT2D eigenvalue weighted by Crippen LogP contribution is -2.41. The standard InChI is InChI=1S/C16H25N3O2/c1-12-7-8-15(14(11-17)18-12)21-13(2)16(20)19-9-5-3-4-6-10-19/h7-8,13H,3-6,9-11,17H2,1-2H3. The summed E-state index contributed by atoms with van der Waals surface area (Å²) in [5.74, 6) is 0.666. The predicted molar refractivity (Wildman–Crippen MR) is 82.0 cm³/mol. The van der Waals surface area contributed by atoms with Crippen molar-refractivity contribution in [1.29, 1.82) is 0 Å². The van der Waals surface area contributed by atoms with Crippen molar-refractivity contribution < 1.29 is 9.53 Å². The molecule has 0 aliphatic carbocycles. The molecule has 1 aliphatic heterocycles. The molecule has 1 aromatic heterocycles. The number of nitrogens with two attached hydrogens (primary N) is 1. The van der Waals surface area contributed by atoms with Gasteiger partial charge in [0.05, 0.1) is 5.69 Å². The van der Waals surface area contributed by atoms with Crippen LogP contribution in [0.5, 0.6) is 5.75 Å². The van der Waals surface area contributed by atoms with E-state index in [-0.39, 0.29) is 5.91 Å². The molecule has 1 saturated heterocycles. The Morgan fingerprint density at radius 3 is 2.62 bits per heavy atom. The topological polar surface area (TPSA) is 68.5 Å². The van der Waals surface area contributed by atoms with E-state index in [0.717, 1.165) is 31.6 Å². The zero-order chi connectivity index (χ0) is 15.2. The van der Waals surface area contributed by atoms with Crippen molar-refractivity contribution in [3.63, 3.8) is 0 Å². The van der Waals surface area contributed by atoms with Crippen LogP contribution < -0.4 is 10.5 Å². The maximum absolute atomic E-state index is 12.5. The molecule has 0 bridgehead atoms. The first-order chi connectivity index (χ1) is 10.1. The molecule has 5 heteroatoms. The Hall–Kier alpha value is -1.62. The fourth-order valence-electron chi connectivity index (χ4n) is 2.64. The van der Waals surface area contributed by atoms with E-state index in [2.05, 4.69) is 4.98 Å². The fourth-order valence-corrected chi connectivity index (χ4v) is 2.64. The number of carbonyl (C=O) groups excluding carboxylic acids is 1. The van der Waals surface area contributed by atoms with Gasteiger partial charge in [0.25, 0.3) is 5.91 Å². The van der Waals surface area contributed by atoms with E-state index in [4.69, 9.17) is 10.5 Å². The molecule has 21 heavy (non-hydrogen) atoms. The first kappa shape index (κ1) is 15.8. The monoisotopic (exact) mass is 291 g/mol. The lowest BCUT2D eigenvalue weighted by atomic mass is 10.2. The van der Waals surface area contributed by atoms with E-state index >= 15 is 0 Å². The van der Waals surface area contributed by atoms with Crippen molar-refractivity contribution in [1.82, 2.24) is 9.88 Å². The van der Waals surface area contributed by atoms with Gasteiger partial charge in [0.15, 0.2) is 6.10 Å². The molecule has 2 rings (SSSR count). The van der Waals surface area contributed by atoms with Crippen LogP contribution in [0.1, 0.15) is 44.0 Å². The van der Waals surface area contributed by atoms with Crippen LogP contribution in [0.3, 0.4) is 0 Å². The number of ether oxygens (including phenoxy) is 1. The van der Waals surface area contributed by atoms with Crippen LogP contribution in [-0.2, 0) is 11.3 Å². The lowest BCUT2D eigenvalue weighted by Gasteiger charge is -2.25. The van der Waals surface area contributed by atoms with Crippen molar-refractivity contribution in [2.24, 2.45) is 5.73 Å². The second kappa shape index (κ2) is 7.41. The van der Waals surface area contributed by atoms with E-state index in [9.17, 15) is 4.79 Å². The van der Waals surface area contributed by atoms with Crippen molar-refractivity contribution in [3.8, 4) is 5.75 Å². The Kier molecular flexibility index (Phi) is 5.56. The van der Waals surface area contributed by atoms with E-state index in [1.165, 1.54) is 12.8 Å². The van der Waals surface area contributed by atoms with Crippen LogP contribution in [0.2, 0.25) is 0 Å². The molecule has 1 fully saturated rings. The van der Waals surface area contributed by atoms with Gasteiger partial charge < -0.3 is 15.4 Å². The van der Waals surface area contributed by atoms with Gasteiger partial charge in [0.1, 0.15) is 5.75 Å². The number of hydrogen-bond donors (Lipinski definition) is 1. The van der Waals surface area contributed by atoms with Crippen molar-refractivity contribution in [2.45, 2.75) is 52.2 Å². The average molecular weight is 291 g/mol. The van der Waals surface area contributed by atoms with Crippen LogP contribution in [0, 0.1) is 6.92 Å². The third-order valence-electron chi connectivity index (χ3n) is 3.83. The molecular formula is C16H25N3O2. The molecule has 1 unspecified atom stereocenters. The molecule has 0 aromatic carbocycles. The Morgan fingerprint density at radius 1 is 1.33 bits per heavy atom. The maximum atomic E-state index is 12.5.